The van der Waals surface area contributed by atoms with Gasteiger partial charge >= 0.3 is 0 Å². The molecule has 2 aromatic carbocycles. The van der Waals surface area contributed by atoms with Crippen molar-refractivity contribution in [3.8, 4) is 5.75 Å². The minimum absolute atomic E-state index is 0.0268. The largest absolute Gasteiger partial charge is 0.489 e. The number of halogens is 1. The maximum atomic E-state index is 10.3. The fourth-order valence-corrected chi connectivity index (χ4v) is 2.90. The monoisotopic (exact) mass is 288 g/mol. The van der Waals surface area contributed by atoms with Gasteiger partial charge in [-0.25, -0.2) is 0 Å². The lowest BCUT2D eigenvalue weighted by atomic mass is 9.88. The van der Waals surface area contributed by atoms with Crippen molar-refractivity contribution in [2.45, 2.75) is 31.5 Å². The van der Waals surface area contributed by atoms with Gasteiger partial charge in [-0.1, -0.05) is 48.9 Å². The quantitative estimate of drug-likeness (QED) is 0.891. The molecule has 20 heavy (non-hydrogen) atoms. The van der Waals surface area contributed by atoms with Crippen molar-refractivity contribution in [3.05, 3.63) is 64.7 Å². The minimum Gasteiger partial charge on any atom is -0.489 e. The first-order chi connectivity index (χ1) is 9.65. The van der Waals surface area contributed by atoms with Gasteiger partial charge in [-0.2, -0.15) is 0 Å². The Balaban J connectivity index is 1.86. The molecule has 0 radical (unpaired) electrons. The molecule has 2 nitrogen and oxygen atoms in total. The number of benzene rings is 2. The topological polar surface area (TPSA) is 29.5 Å². The predicted molar refractivity (Wildman–Crippen MR) is 80.3 cm³/mol. The maximum absolute atomic E-state index is 10.3. The standard InChI is InChI=1S/C17H17ClO2/c1-11(12-5-3-2-4-6-12)17-10-15(19)14-9-13(18)7-8-16(14)20-17/h2-9,11,15,17,19H,10H2,1H3/t11?,15-,17?/m1/s1. The number of aliphatic hydroxyl groups excluding tert-OH is 1. The van der Waals surface area contributed by atoms with Crippen molar-refractivity contribution in [2.24, 2.45) is 0 Å². The van der Waals surface area contributed by atoms with E-state index in [-0.39, 0.29) is 12.0 Å². The molecule has 0 bridgehead atoms. The smallest absolute Gasteiger partial charge is 0.125 e. The van der Waals surface area contributed by atoms with E-state index in [0.717, 1.165) is 11.3 Å². The summed E-state index contributed by atoms with van der Waals surface area (Å²) < 4.78 is 6.05. The Labute approximate surface area is 124 Å². The molecule has 0 aliphatic carbocycles. The molecular formula is C17H17ClO2. The summed E-state index contributed by atoms with van der Waals surface area (Å²) in [7, 11) is 0. The highest BCUT2D eigenvalue weighted by atomic mass is 35.5. The molecule has 0 spiro atoms. The number of hydrogen-bond donors (Lipinski definition) is 1. The van der Waals surface area contributed by atoms with Crippen molar-refractivity contribution < 1.29 is 9.84 Å². The average Bonchev–Trinajstić information content (AvgIpc) is 2.48. The van der Waals surface area contributed by atoms with Gasteiger partial charge in [-0.15, -0.1) is 0 Å². The van der Waals surface area contributed by atoms with Crippen LogP contribution < -0.4 is 4.74 Å². The molecule has 3 rings (SSSR count). The van der Waals surface area contributed by atoms with Crippen LogP contribution in [0, 0.1) is 0 Å². The summed E-state index contributed by atoms with van der Waals surface area (Å²) in [6.45, 7) is 2.13. The Bertz CT molecular complexity index is 597. The van der Waals surface area contributed by atoms with Crippen molar-refractivity contribution in [3.63, 3.8) is 0 Å². The van der Waals surface area contributed by atoms with Crippen LogP contribution in [0.2, 0.25) is 5.02 Å². The highest BCUT2D eigenvalue weighted by molar-refractivity contribution is 6.30. The van der Waals surface area contributed by atoms with Crippen LogP contribution in [0.1, 0.15) is 36.5 Å². The summed E-state index contributed by atoms with van der Waals surface area (Å²) in [4.78, 5) is 0. The van der Waals surface area contributed by atoms with Gasteiger partial charge in [0, 0.05) is 22.9 Å². The molecule has 0 saturated heterocycles. The normalized spacial score (nSPS) is 22.8. The first-order valence-electron chi connectivity index (χ1n) is 6.84. The second-order valence-electron chi connectivity index (χ2n) is 5.29. The van der Waals surface area contributed by atoms with Gasteiger partial charge in [0.05, 0.1) is 6.10 Å². The van der Waals surface area contributed by atoms with E-state index in [9.17, 15) is 5.11 Å². The third kappa shape index (κ3) is 2.54. The third-order valence-corrected chi connectivity index (χ3v) is 4.18. The summed E-state index contributed by atoms with van der Waals surface area (Å²) >= 11 is 5.97. The van der Waals surface area contributed by atoms with Gasteiger partial charge in [0.1, 0.15) is 11.9 Å². The molecule has 1 N–H and O–H groups in total. The summed E-state index contributed by atoms with van der Waals surface area (Å²) in [5, 5.41) is 10.9. The highest BCUT2D eigenvalue weighted by Crippen LogP contribution is 2.40. The van der Waals surface area contributed by atoms with Crippen LogP contribution in [0.25, 0.3) is 0 Å². The molecular weight excluding hydrogens is 272 g/mol. The van der Waals surface area contributed by atoms with Gasteiger partial charge in [0.2, 0.25) is 0 Å². The summed E-state index contributed by atoms with van der Waals surface area (Å²) in [5.74, 6) is 0.968. The molecule has 1 aliphatic rings. The SMILES string of the molecule is CC(c1ccccc1)C1C[C@@H](O)c2cc(Cl)ccc2O1. The van der Waals surface area contributed by atoms with Crippen LogP contribution in [0.15, 0.2) is 48.5 Å². The zero-order valence-corrected chi connectivity index (χ0v) is 12.0. The van der Waals surface area contributed by atoms with E-state index in [1.807, 2.05) is 24.3 Å². The van der Waals surface area contributed by atoms with E-state index in [1.165, 1.54) is 5.56 Å². The molecule has 3 heteroatoms. The van der Waals surface area contributed by atoms with Crippen molar-refractivity contribution in [1.82, 2.24) is 0 Å². The molecule has 104 valence electrons. The van der Waals surface area contributed by atoms with Gasteiger partial charge in [-0.3, -0.25) is 0 Å². The van der Waals surface area contributed by atoms with E-state index in [2.05, 4.69) is 19.1 Å². The van der Waals surface area contributed by atoms with Gasteiger partial charge in [-0.05, 0) is 23.8 Å². The molecule has 1 heterocycles. The second kappa shape index (κ2) is 5.47. The maximum Gasteiger partial charge on any atom is 0.125 e. The zero-order valence-electron chi connectivity index (χ0n) is 11.3. The number of aliphatic hydroxyl groups is 1. The Kier molecular flexibility index (Phi) is 3.68. The molecule has 0 fully saturated rings. The van der Waals surface area contributed by atoms with Crippen LogP contribution in [-0.2, 0) is 0 Å². The summed E-state index contributed by atoms with van der Waals surface area (Å²) in [6.07, 6.45) is 0.0401. The van der Waals surface area contributed by atoms with E-state index in [4.69, 9.17) is 16.3 Å². The predicted octanol–water partition coefficient (Wildman–Crippen LogP) is 4.33. The van der Waals surface area contributed by atoms with Crippen LogP contribution in [0.5, 0.6) is 5.75 Å². The highest BCUT2D eigenvalue weighted by Gasteiger charge is 2.31. The minimum atomic E-state index is -0.520. The first-order valence-corrected chi connectivity index (χ1v) is 7.22. The Morgan fingerprint density at radius 1 is 1.20 bits per heavy atom. The van der Waals surface area contributed by atoms with Gasteiger partial charge < -0.3 is 9.84 Å². The van der Waals surface area contributed by atoms with Crippen LogP contribution in [-0.4, -0.2) is 11.2 Å². The van der Waals surface area contributed by atoms with Crippen LogP contribution in [0.3, 0.4) is 0 Å². The number of fused-ring (bicyclic) bond motifs is 1. The van der Waals surface area contributed by atoms with E-state index < -0.39 is 6.10 Å². The Morgan fingerprint density at radius 3 is 2.70 bits per heavy atom. The van der Waals surface area contributed by atoms with E-state index in [0.29, 0.717) is 11.4 Å². The van der Waals surface area contributed by atoms with Crippen molar-refractivity contribution >= 4 is 11.6 Å². The molecule has 0 saturated carbocycles. The average molecular weight is 289 g/mol. The Hall–Kier alpha value is -1.51. The fraction of sp³-hybridized carbons (Fsp3) is 0.294. The first kappa shape index (κ1) is 13.5. The lowest BCUT2D eigenvalue weighted by Crippen LogP contribution is -2.30. The van der Waals surface area contributed by atoms with Crippen molar-refractivity contribution in [1.29, 1.82) is 0 Å². The lowest BCUT2D eigenvalue weighted by molar-refractivity contribution is 0.0546. The summed E-state index contributed by atoms with van der Waals surface area (Å²) in [5.41, 5.74) is 2.01. The van der Waals surface area contributed by atoms with E-state index >= 15 is 0 Å². The summed E-state index contributed by atoms with van der Waals surface area (Å²) in [6, 6.07) is 15.7. The Morgan fingerprint density at radius 2 is 1.95 bits per heavy atom. The molecule has 2 aromatic rings. The van der Waals surface area contributed by atoms with Crippen molar-refractivity contribution in [2.75, 3.05) is 0 Å². The van der Waals surface area contributed by atoms with Gasteiger partial charge in [0.25, 0.3) is 0 Å². The fourth-order valence-electron chi connectivity index (χ4n) is 2.72. The van der Waals surface area contributed by atoms with Gasteiger partial charge in [0.15, 0.2) is 0 Å². The molecule has 3 atom stereocenters. The lowest BCUT2D eigenvalue weighted by Gasteiger charge is -2.33. The molecule has 0 amide bonds. The molecule has 0 aromatic heterocycles. The zero-order chi connectivity index (χ0) is 14.1. The number of rotatable bonds is 2. The second-order valence-corrected chi connectivity index (χ2v) is 5.73. The van der Waals surface area contributed by atoms with Crippen LogP contribution >= 0.6 is 11.6 Å². The molecule has 2 unspecified atom stereocenters. The number of hydrogen-bond acceptors (Lipinski definition) is 2. The number of ether oxygens (including phenoxy) is 1. The third-order valence-electron chi connectivity index (χ3n) is 3.95. The molecule has 1 aliphatic heterocycles. The van der Waals surface area contributed by atoms with E-state index in [1.54, 1.807) is 12.1 Å². The van der Waals surface area contributed by atoms with Crippen LogP contribution in [0.4, 0.5) is 0 Å².